The molecule has 0 saturated heterocycles. The van der Waals surface area contributed by atoms with Crippen LogP contribution in [-0.4, -0.2) is 19.3 Å². The summed E-state index contributed by atoms with van der Waals surface area (Å²) in [6.07, 6.45) is -0.631. The van der Waals surface area contributed by atoms with Gasteiger partial charge < -0.3 is 13.7 Å². The van der Waals surface area contributed by atoms with Gasteiger partial charge in [-0.1, -0.05) is 30.3 Å². The van der Waals surface area contributed by atoms with Gasteiger partial charge in [-0.2, -0.15) is 0 Å². The van der Waals surface area contributed by atoms with E-state index in [1.54, 1.807) is 19.2 Å². The van der Waals surface area contributed by atoms with Crippen LogP contribution in [0.2, 0.25) is 5.22 Å². The third-order valence-corrected chi connectivity index (χ3v) is 6.03. The van der Waals surface area contributed by atoms with E-state index in [1.807, 2.05) is 44.2 Å². The van der Waals surface area contributed by atoms with Crippen LogP contribution in [0.4, 0.5) is 0 Å². The lowest BCUT2D eigenvalue weighted by Crippen LogP contribution is -2.39. The van der Waals surface area contributed by atoms with Crippen molar-refractivity contribution in [3.05, 3.63) is 80.0 Å². The van der Waals surface area contributed by atoms with E-state index in [0.717, 1.165) is 15.8 Å². The first-order valence-corrected chi connectivity index (χ1v) is 10.4. The monoisotopic (exact) mass is 439 g/mol. The number of halogens is 1. The highest BCUT2D eigenvalue weighted by Crippen LogP contribution is 2.44. The smallest absolute Gasteiger partial charge is 0.331 e. The number of fused-ring (bicyclic) bond motifs is 3. The molecule has 160 valence electrons. The predicted molar refractivity (Wildman–Crippen MR) is 119 cm³/mol. The SMILES string of the molecule is Cn1c(=O)c2c(-c3ccccc3)n3c(c2n(C)c1=O)C(c1ccc(Cl)o1)OC(C)(C)C3. The molecule has 0 saturated carbocycles. The quantitative estimate of drug-likeness (QED) is 0.475. The fourth-order valence-corrected chi connectivity index (χ4v) is 4.67. The summed E-state index contributed by atoms with van der Waals surface area (Å²) < 4.78 is 16.9. The molecule has 7 nitrogen and oxygen atoms in total. The molecule has 0 spiro atoms. The lowest BCUT2D eigenvalue weighted by atomic mass is 10.0. The summed E-state index contributed by atoms with van der Waals surface area (Å²) in [6.45, 7) is 4.48. The van der Waals surface area contributed by atoms with Gasteiger partial charge in [0.05, 0.1) is 34.4 Å². The maximum Gasteiger partial charge on any atom is 0.331 e. The van der Waals surface area contributed by atoms with Gasteiger partial charge in [0, 0.05) is 14.1 Å². The maximum absolute atomic E-state index is 13.4. The number of aryl methyl sites for hydroxylation is 1. The highest BCUT2D eigenvalue weighted by Gasteiger charge is 2.40. The minimum Gasteiger partial charge on any atom is -0.446 e. The number of nitrogens with zero attached hydrogens (tertiary/aromatic N) is 3. The summed E-state index contributed by atoms with van der Waals surface area (Å²) in [4.78, 5) is 26.2. The lowest BCUT2D eigenvalue weighted by molar-refractivity contribution is -0.0939. The zero-order valence-corrected chi connectivity index (χ0v) is 18.4. The number of rotatable bonds is 2. The number of aromatic nitrogens is 3. The minimum absolute atomic E-state index is 0.248. The van der Waals surface area contributed by atoms with Gasteiger partial charge >= 0.3 is 5.69 Å². The molecule has 3 aromatic heterocycles. The second-order valence-electron chi connectivity index (χ2n) is 8.51. The third-order valence-electron chi connectivity index (χ3n) is 5.83. The molecular formula is C23H22ClN3O4. The van der Waals surface area contributed by atoms with Gasteiger partial charge in [0.2, 0.25) is 0 Å². The Hall–Kier alpha value is -3.03. The fraction of sp³-hybridized carbons (Fsp3) is 0.304. The molecule has 0 fully saturated rings. The summed E-state index contributed by atoms with van der Waals surface area (Å²) in [5, 5.41) is 0.729. The van der Waals surface area contributed by atoms with Crippen LogP contribution in [0, 0.1) is 0 Å². The Morgan fingerprint density at radius 3 is 2.39 bits per heavy atom. The van der Waals surface area contributed by atoms with Crippen LogP contribution in [0.1, 0.15) is 31.4 Å². The second kappa shape index (κ2) is 6.73. The average Bonchev–Trinajstić information content (AvgIpc) is 3.31. The van der Waals surface area contributed by atoms with Crippen molar-refractivity contribution in [3.63, 3.8) is 0 Å². The molecule has 1 unspecified atom stereocenters. The van der Waals surface area contributed by atoms with Gasteiger partial charge in [0.1, 0.15) is 5.76 Å². The van der Waals surface area contributed by atoms with Crippen LogP contribution < -0.4 is 11.2 Å². The zero-order valence-electron chi connectivity index (χ0n) is 17.7. The van der Waals surface area contributed by atoms with Crippen molar-refractivity contribution in [2.75, 3.05) is 0 Å². The molecule has 5 rings (SSSR count). The Kier molecular flexibility index (Phi) is 4.32. The van der Waals surface area contributed by atoms with Crippen LogP contribution in [0.15, 0.2) is 56.5 Å². The van der Waals surface area contributed by atoms with E-state index in [2.05, 4.69) is 4.57 Å². The highest BCUT2D eigenvalue weighted by molar-refractivity contribution is 6.28. The Balaban J connectivity index is 2.00. The van der Waals surface area contributed by atoms with E-state index in [9.17, 15) is 9.59 Å². The Morgan fingerprint density at radius 2 is 1.74 bits per heavy atom. The van der Waals surface area contributed by atoms with E-state index in [4.69, 9.17) is 20.8 Å². The van der Waals surface area contributed by atoms with E-state index < -0.39 is 17.4 Å². The van der Waals surface area contributed by atoms with Crippen molar-refractivity contribution in [1.82, 2.24) is 13.7 Å². The molecule has 4 aromatic rings. The van der Waals surface area contributed by atoms with Crippen LogP contribution in [-0.2, 0) is 25.4 Å². The molecule has 31 heavy (non-hydrogen) atoms. The molecule has 0 N–H and O–H groups in total. The molecule has 4 heterocycles. The summed E-state index contributed by atoms with van der Waals surface area (Å²) in [6, 6.07) is 13.2. The van der Waals surface area contributed by atoms with E-state index in [1.165, 1.54) is 11.6 Å². The number of benzene rings is 1. The van der Waals surface area contributed by atoms with Crippen LogP contribution >= 0.6 is 11.6 Å². The largest absolute Gasteiger partial charge is 0.446 e. The minimum atomic E-state index is -0.631. The van der Waals surface area contributed by atoms with Crippen molar-refractivity contribution >= 4 is 22.5 Å². The van der Waals surface area contributed by atoms with Crippen molar-refractivity contribution in [3.8, 4) is 11.3 Å². The third kappa shape index (κ3) is 2.91. The first-order chi connectivity index (χ1) is 14.7. The number of hydrogen-bond donors (Lipinski definition) is 0. The molecule has 0 bridgehead atoms. The summed E-state index contributed by atoms with van der Waals surface area (Å²) in [5.74, 6) is 0.520. The van der Waals surface area contributed by atoms with Gasteiger partial charge in [0.15, 0.2) is 11.3 Å². The van der Waals surface area contributed by atoms with Gasteiger partial charge in [-0.15, -0.1) is 0 Å². The van der Waals surface area contributed by atoms with Gasteiger partial charge in [0.25, 0.3) is 5.56 Å². The Labute approximate surface area is 183 Å². The topological polar surface area (TPSA) is 71.3 Å². The average molecular weight is 440 g/mol. The first-order valence-electron chi connectivity index (χ1n) is 10.00. The number of furan rings is 1. The lowest BCUT2D eigenvalue weighted by Gasteiger charge is -2.37. The standard InChI is InChI=1S/C23H22ClN3O4/c1-23(2)12-27-17(13-8-6-5-7-9-13)16-18(25(3)22(29)26(4)21(16)28)19(27)20(31-23)14-10-11-15(24)30-14/h5-11,20H,12H2,1-4H3. The first kappa shape index (κ1) is 19.9. The van der Waals surface area contributed by atoms with Gasteiger partial charge in [-0.3, -0.25) is 13.9 Å². The van der Waals surface area contributed by atoms with Crippen LogP contribution in [0.3, 0.4) is 0 Å². The van der Waals surface area contributed by atoms with Crippen molar-refractivity contribution in [2.45, 2.75) is 32.1 Å². The normalized spacial score (nSPS) is 17.8. The van der Waals surface area contributed by atoms with Gasteiger partial charge in [-0.25, -0.2) is 4.79 Å². The van der Waals surface area contributed by atoms with E-state index >= 15 is 0 Å². The fourth-order valence-electron chi connectivity index (χ4n) is 4.52. The molecule has 8 heteroatoms. The molecule has 1 atom stereocenters. The molecule has 1 aliphatic rings. The maximum atomic E-state index is 13.4. The zero-order chi connectivity index (χ0) is 22.1. The molecule has 0 amide bonds. The van der Waals surface area contributed by atoms with Crippen molar-refractivity contribution in [2.24, 2.45) is 14.1 Å². The Bertz CT molecular complexity index is 1440. The second-order valence-corrected chi connectivity index (χ2v) is 8.89. The molecule has 0 aliphatic carbocycles. The highest BCUT2D eigenvalue weighted by atomic mass is 35.5. The van der Waals surface area contributed by atoms with Crippen molar-refractivity contribution < 1.29 is 9.15 Å². The van der Waals surface area contributed by atoms with Crippen molar-refractivity contribution in [1.29, 1.82) is 0 Å². The summed E-state index contributed by atoms with van der Waals surface area (Å²) >= 11 is 6.06. The Morgan fingerprint density at radius 1 is 1.03 bits per heavy atom. The van der Waals surface area contributed by atoms with Crippen LogP contribution in [0.25, 0.3) is 22.2 Å². The van der Waals surface area contributed by atoms with Gasteiger partial charge in [-0.05, 0) is 43.1 Å². The summed E-state index contributed by atoms with van der Waals surface area (Å²) in [7, 11) is 3.17. The molecule has 1 aliphatic heterocycles. The van der Waals surface area contributed by atoms with E-state index in [0.29, 0.717) is 28.9 Å². The molecule has 1 aromatic carbocycles. The molecule has 0 radical (unpaired) electrons. The van der Waals surface area contributed by atoms with E-state index in [-0.39, 0.29) is 10.8 Å². The van der Waals surface area contributed by atoms with Crippen LogP contribution in [0.5, 0.6) is 0 Å². The molecular weight excluding hydrogens is 418 g/mol. The predicted octanol–water partition coefficient (Wildman–Crippen LogP) is 3.85. The number of hydrogen-bond acceptors (Lipinski definition) is 4. The summed E-state index contributed by atoms with van der Waals surface area (Å²) in [5.41, 5.74) is 1.61. The number of ether oxygens (including phenoxy) is 1.